The van der Waals surface area contributed by atoms with Gasteiger partial charge in [0.25, 0.3) is 0 Å². The van der Waals surface area contributed by atoms with Crippen LogP contribution in [0.2, 0.25) is 0 Å². The molecule has 110 valence electrons. The van der Waals surface area contributed by atoms with Crippen molar-refractivity contribution in [2.75, 3.05) is 0 Å². The average molecular weight is 305 g/mol. The minimum absolute atomic E-state index is 0.313. The number of hydrogen-bond donors (Lipinski definition) is 0. The summed E-state index contributed by atoms with van der Waals surface area (Å²) in [5.74, 6) is 0.577. The third-order valence-electron chi connectivity index (χ3n) is 3.03. The maximum atomic E-state index is 12.8. The minimum atomic E-state index is -4.37. The zero-order valence-corrected chi connectivity index (χ0v) is 12.5. The predicted octanol–water partition coefficient (Wildman–Crippen LogP) is 5.11. The highest BCUT2D eigenvalue weighted by Crippen LogP contribution is 2.35. The summed E-state index contributed by atoms with van der Waals surface area (Å²) in [6.45, 7) is 7.66. The Balaban J connectivity index is 2.75. The molecule has 0 aliphatic rings. The average Bonchev–Trinajstić information content (AvgIpc) is 2.65. The van der Waals surface area contributed by atoms with E-state index in [4.69, 9.17) is 11.6 Å². The quantitative estimate of drug-likeness (QED) is 0.669. The number of benzene rings is 1. The number of rotatable bonds is 1. The first-order chi connectivity index (χ1) is 9.01. The topological polar surface area (TPSA) is 17.8 Å². The maximum Gasteiger partial charge on any atom is 0.416 e. The second-order valence-electron chi connectivity index (χ2n) is 5.79. The molecule has 1 aromatic carbocycles. The van der Waals surface area contributed by atoms with Gasteiger partial charge in [0.1, 0.15) is 5.82 Å². The van der Waals surface area contributed by atoms with Crippen LogP contribution >= 0.6 is 11.6 Å². The van der Waals surface area contributed by atoms with Gasteiger partial charge in [-0.25, -0.2) is 4.98 Å². The van der Waals surface area contributed by atoms with Crippen molar-refractivity contribution in [3.8, 4) is 0 Å². The van der Waals surface area contributed by atoms with Crippen molar-refractivity contribution >= 4 is 22.6 Å². The fourth-order valence-corrected chi connectivity index (χ4v) is 2.39. The van der Waals surface area contributed by atoms with Crippen LogP contribution in [0, 0.1) is 0 Å². The first kappa shape index (κ1) is 15.2. The molecule has 0 radical (unpaired) electrons. The first-order valence-corrected chi connectivity index (χ1v) is 6.69. The third kappa shape index (κ3) is 2.64. The molecule has 0 saturated heterocycles. The number of alkyl halides is 4. The van der Waals surface area contributed by atoms with Crippen LogP contribution in [0.5, 0.6) is 0 Å². The molecule has 0 bridgehead atoms. The second kappa shape index (κ2) is 4.65. The van der Waals surface area contributed by atoms with E-state index < -0.39 is 11.7 Å². The van der Waals surface area contributed by atoms with Crippen LogP contribution in [0.25, 0.3) is 11.0 Å². The first-order valence-electron chi connectivity index (χ1n) is 6.26. The highest BCUT2D eigenvalue weighted by Gasteiger charge is 2.32. The van der Waals surface area contributed by atoms with E-state index in [9.17, 15) is 13.2 Å². The van der Waals surface area contributed by atoms with Gasteiger partial charge in [0.15, 0.2) is 0 Å². The van der Waals surface area contributed by atoms with E-state index in [2.05, 4.69) is 4.98 Å². The van der Waals surface area contributed by atoms with Gasteiger partial charge in [-0.15, -0.1) is 11.6 Å². The van der Waals surface area contributed by atoms with Crippen LogP contribution < -0.4 is 0 Å². The SMILES string of the molecule is CC(Cl)c1nc2cc(C(F)(F)F)ccc2n1C(C)(C)C. The van der Waals surface area contributed by atoms with Crippen molar-refractivity contribution in [2.24, 2.45) is 0 Å². The standard InChI is InChI=1S/C14H16ClF3N2/c1-8(15)12-19-10-7-9(14(16,17)18)5-6-11(10)20(12)13(2,3)4/h5-8H,1-4H3. The number of fused-ring (bicyclic) bond motifs is 1. The minimum Gasteiger partial charge on any atom is -0.321 e. The van der Waals surface area contributed by atoms with E-state index in [0.29, 0.717) is 16.9 Å². The second-order valence-corrected chi connectivity index (χ2v) is 6.45. The van der Waals surface area contributed by atoms with Gasteiger partial charge in [0.05, 0.1) is 22.0 Å². The number of nitrogens with zero attached hydrogens (tertiary/aromatic N) is 2. The Morgan fingerprint density at radius 3 is 2.25 bits per heavy atom. The summed E-state index contributed by atoms with van der Waals surface area (Å²) < 4.78 is 40.2. The van der Waals surface area contributed by atoms with E-state index >= 15 is 0 Å². The van der Waals surface area contributed by atoms with Gasteiger partial charge in [-0.3, -0.25) is 0 Å². The molecule has 2 aromatic rings. The Bertz CT molecular complexity index is 636. The zero-order chi connectivity index (χ0) is 15.3. The molecule has 2 nitrogen and oxygen atoms in total. The number of hydrogen-bond acceptors (Lipinski definition) is 1. The summed E-state index contributed by atoms with van der Waals surface area (Å²) in [6, 6.07) is 3.61. The van der Waals surface area contributed by atoms with Gasteiger partial charge in [0.2, 0.25) is 0 Å². The van der Waals surface area contributed by atoms with Crippen LogP contribution in [0.15, 0.2) is 18.2 Å². The summed E-state index contributed by atoms with van der Waals surface area (Å²) in [5.41, 5.74) is -0.0323. The normalized spacial score (nSPS) is 14.8. The monoisotopic (exact) mass is 304 g/mol. The zero-order valence-electron chi connectivity index (χ0n) is 11.7. The molecule has 2 rings (SSSR count). The van der Waals surface area contributed by atoms with Crippen molar-refractivity contribution < 1.29 is 13.2 Å². The van der Waals surface area contributed by atoms with Gasteiger partial charge in [-0.2, -0.15) is 13.2 Å². The predicted molar refractivity (Wildman–Crippen MR) is 74.0 cm³/mol. The van der Waals surface area contributed by atoms with Gasteiger partial charge < -0.3 is 4.57 Å². The molecule has 0 fully saturated rings. The van der Waals surface area contributed by atoms with Crippen molar-refractivity contribution in [1.29, 1.82) is 0 Å². The van der Waals surface area contributed by atoms with E-state index in [1.165, 1.54) is 6.07 Å². The lowest BCUT2D eigenvalue weighted by atomic mass is 10.1. The molecule has 0 spiro atoms. The molecule has 1 aromatic heterocycles. The molecule has 6 heteroatoms. The summed E-state index contributed by atoms with van der Waals surface area (Å²) in [5, 5.41) is -0.379. The van der Waals surface area contributed by atoms with Crippen molar-refractivity contribution in [3.05, 3.63) is 29.6 Å². The highest BCUT2D eigenvalue weighted by atomic mass is 35.5. The lowest BCUT2D eigenvalue weighted by Gasteiger charge is -2.25. The number of imidazole rings is 1. The summed E-state index contributed by atoms with van der Waals surface area (Å²) in [4.78, 5) is 4.28. The molecule has 20 heavy (non-hydrogen) atoms. The van der Waals surface area contributed by atoms with E-state index in [1.54, 1.807) is 6.92 Å². The largest absolute Gasteiger partial charge is 0.416 e. The molecule has 1 unspecified atom stereocenters. The van der Waals surface area contributed by atoms with Crippen molar-refractivity contribution in [2.45, 2.75) is 44.8 Å². The van der Waals surface area contributed by atoms with E-state index in [-0.39, 0.29) is 10.9 Å². The maximum absolute atomic E-state index is 12.8. The molecule has 0 aliphatic carbocycles. The van der Waals surface area contributed by atoms with Gasteiger partial charge >= 0.3 is 6.18 Å². The molecule has 0 saturated carbocycles. The molecule has 1 heterocycles. The number of halogens is 4. The third-order valence-corrected chi connectivity index (χ3v) is 3.23. The van der Waals surface area contributed by atoms with E-state index in [1.807, 2.05) is 25.3 Å². The lowest BCUT2D eigenvalue weighted by Crippen LogP contribution is -2.24. The molecule has 0 aliphatic heterocycles. The Kier molecular flexibility index (Phi) is 3.53. The fourth-order valence-electron chi connectivity index (χ4n) is 2.25. The smallest absolute Gasteiger partial charge is 0.321 e. The molecular weight excluding hydrogens is 289 g/mol. The summed E-state index contributed by atoms with van der Waals surface area (Å²) >= 11 is 6.11. The Labute approximate surface area is 120 Å². The van der Waals surface area contributed by atoms with E-state index in [0.717, 1.165) is 12.1 Å². The van der Waals surface area contributed by atoms with Crippen molar-refractivity contribution in [1.82, 2.24) is 9.55 Å². The van der Waals surface area contributed by atoms with Crippen LogP contribution in [0.4, 0.5) is 13.2 Å². The Hall–Kier alpha value is -1.23. The van der Waals surface area contributed by atoms with Gasteiger partial charge in [-0.05, 0) is 45.9 Å². The Morgan fingerprint density at radius 1 is 1.20 bits per heavy atom. The molecule has 0 N–H and O–H groups in total. The molecule has 0 amide bonds. The molecule has 1 atom stereocenters. The summed E-state index contributed by atoms with van der Waals surface area (Å²) in [6.07, 6.45) is -4.37. The van der Waals surface area contributed by atoms with Crippen LogP contribution in [-0.2, 0) is 11.7 Å². The summed E-state index contributed by atoms with van der Waals surface area (Å²) in [7, 11) is 0. The van der Waals surface area contributed by atoms with Gasteiger partial charge in [0, 0.05) is 5.54 Å². The van der Waals surface area contributed by atoms with Crippen LogP contribution in [0.3, 0.4) is 0 Å². The number of aromatic nitrogens is 2. The van der Waals surface area contributed by atoms with Gasteiger partial charge in [-0.1, -0.05) is 0 Å². The van der Waals surface area contributed by atoms with Crippen LogP contribution in [-0.4, -0.2) is 9.55 Å². The van der Waals surface area contributed by atoms with Crippen molar-refractivity contribution in [3.63, 3.8) is 0 Å². The lowest BCUT2D eigenvalue weighted by molar-refractivity contribution is -0.137. The Morgan fingerprint density at radius 2 is 1.80 bits per heavy atom. The highest BCUT2D eigenvalue weighted by molar-refractivity contribution is 6.20. The van der Waals surface area contributed by atoms with Crippen LogP contribution in [0.1, 0.15) is 44.5 Å². The molecular formula is C14H16ClF3N2. The fraction of sp³-hybridized carbons (Fsp3) is 0.500.